The molecule has 0 unspecified atom stereocenters. The number of ether oxygens (including phenoxy) is 1. The van der Waals surface area contributed by atoms with Crippen LogP contribution in [0, 0.1) is 11.5 Å². The quantitative estimate of drug-likeness (QED) is 0.655. The summed E-state index contributed by atoms with van der Waals surface area (Å²) in [6.07, 6.45) is 2.74. The van der Waals surface area contributed by atoms with Gasteiger partial charge in [0.05, 0.1) is 6.04 Å². The van der Waals surface area contributed by atoms with Crippen molar-refractivity contribution in [1.82, 2.24) is 9.80 Å². The highest BCUT2D eigenvalue weighted by Gasteiger charge is 2.30. The van der Waals surface area contributed by atoms with E-state index < -0.39 is 5.60 Å². The molecule has 0 aromatic rings. The van der Waals surface area contributed by atoms with Gasteiger partial charge in [-0.1, -0.05) is 6.92 Å². The lowest BCUT2D eigenvalue weighted by Crippen LogP contribution is -2.53. The molecule has 0 aliphatic carbocycles. The van der Waals surface area contributed by atoms with E-state index in [1.807, 2.05) is 27.7 Å². The lowest BCUT2D eigenvalue weighted by atomic mass is 10.1. The highest BCUT2D eigenvalue weighted by molar-refractivity contribution is 5.68. The maximum absolute atomic E-state index is 11.9. The molecular formula is C12H21N3O2. The molecule has 1 rings (SSSR count). The minimum absolute atomic E-state index is 0.112. The van der Waals surface area contributed by atoms with Gasteiger partial charge in [0.1, 0.15) is 5.60 Å². The Kier molecular flexibility index (Phi) is 4.22. The van der Waals surface area contributed by atoms with Gasteiger partial charge < -0.3 is 14.5 Å². The molecule has 0 aromatic carbocycles. The number of rotatable bonds is 1. The lowest BCUT2D eigenvalue weighted by molar-refractivity contribution is 0.0106. The second-order valence-corrected chi connectivity index (χ2v) is 5.28. The van der Waals surface area contributed by atoms with E-state index in [0.717, 1.165) is 6.42 Å². The van der Waals surface area contributed by atoms with Crippen molar-refractivity contribution in [2.75, 3.05) is 19.6 Å². The number of nitrogens with zero attached hydrogens (tertiary/aromatic N) is 3. The van der Waals surface area contributed by atoms with Crippen molar-refractivity contribution in [3.8, 4) is 6.19 Å². The maximum Gasteiger partial charge on any atom is 0.410 e. The summed E-state index contributed by atoms with van der Waals surface area (Å²) in [6, 6.07) is 0.112. The summed E-state index contributed by atoms with van der Waals surface area (Å²) in [6.45, 7) is 9.30. The molecule has 0 saturated carbocycles. The fraction of sp³-hybridized carbons (Fsp3) is 0.833. The van der Waals surface area contributed by atoms with Crippen LogP contribution in [0.15, 0.2) is 0 Å². The summed E-state index contributed by atoms with van der Waals surface area (Å²) in [5, 5.41) is 8.95. The molecule has 0 spiro atoms. The van der Waals surface area contributed by atoms with E-state index in [-0.39, 0.29) is 12.1 Å². The summed E-state index contributed by atoms with van der Waals surface area (Å²) in [5.74, 6) is 0. The van der Waals surface area contributed by atoms with Crippen LogP contribution in [0.2, 0.25) is 0 Å². The molecule has 1 fully saturated rings. The van der Waals surface area contributed by atoms with Crippen LogP contribution in [0.5, 0.6) is 0 Å². The largest absolute Gasteiger partial charge is 0.444 e. The minimum Gasteiger partial charge on any atom is -0.444 e. The first kappa shape index (κ1) is 13.6. The van der Waals surface area contributed by atoms with Gasteiger partial charge in [0.25, 0.3) is 0 Å². The van der Waals surface area contributed by atoms with Crippen LogP contribution >= 0.6 is 0 Å². The molecule has 0 N–H and O–H groups in total. The van der Waals surface area contributed by atoms with Crippen molar-refractivity contribution >= 4 is 6.09 Å². The molecule has 1 aliphatic rings. The molecule has 0 radical (unpaired) electrons. The van der Waals surface area contributed by atoms with Crippen LogP contribution in [0.25, 0.3) is 0 Å². The normalized spacial score (nSPS) is 21.0. The molecular weight excluding hydrogens is 218 g/mol. The smallest absolute Gasteiger partial charge is 0.410 e. The van der Waals surface area contributed by atoms with Gasteiger partial charge in [0.2, 0.25) is 0 Å². The van der Waals surface area contributed by atoms with E-state index in [0.29, 0.717) is 19.6 Å². The standard InChI is InChI=1S/C12H21N3O2/c1-5-10-8-14(6-7-15(10)9-13)11(16)17-12(2,3)4/h10H,5-8H2,1-4H3/t10-/m0/s1. The number of carbonyl (C=O) groups excluding carboxylic acids is 1. The average Bonchev–Trinajstić information content (AvgIpc) is 2.25. The van der Waals surface area contributed by atoms with E-state index in [1.165, 1.54) is 0 Å². The highest BCUT2D eigenvalue weighted by Crippen LogP contribution is 2.15. The lowest BCUT2D eigenvalue weighted by Gasteiger charge is -2.38. The number of nitriles is 1. The van der Waals surface area contributed by atoms with Gasteiger partial charge in [-0.2, -0.15) is 5.26 Å². The Labute approximate surface area is 103 Å². The second kappa shape index (κ2) is 5.26. The summed E-state index contributed by atoms with van der Waals surface area (Å²) in [4.78, 5) is 15.3. The van der Waals surface area contributed by atoms with Crippen LogP contribution in [0.1, 0.15) is 34.1 Å². The fourth-order valence-corrected chi connectivity index (χ4v) is 1.83. The zero-order chi connectivity index (χ0) is 13.1. The number of piperazine rings is 1. The SMILES string of the molecule is CC[C@H]1CN(C(=O)OC(C)(C)C)CCN1C#N. The zero-order valence-electron chi connectivity index (χ0n) is 11.1. The fourth-order valence-electron chi connectivity index (χ4n) is 1.83. The Bertz CT molecular complexity index is 317. The van der Waals surface area contributed by atoms with Gasteiger partial charge >= 0.3 is 6.09 Å². The van der Waals surface area contributed by atoms with Crippen molar-refractivity contribution < 1.29 is 9.53 Å². The monoisotopic (exact) mass is 239 g/mol. The third-order valence-electron chi connectivity index (χ3n) is 2.73. The van der Waals surface area contributed by atoms with Gasteiger partial charge in [0.15, 0.2) is 6.19 Å². The molecule has 1 amide bonds. The van der Waals surface area contributed by atoms with Crippen LogP contribution < -0.4 is 0 Å². The molecule has 5 nitrogen and oxygen atoms in total. The number of hydrogen-bond acceptors (Lipinski definition) is 4. The third kappa shape index (κ3) is 3.81. The Morgan fingerprint density at radius 2 is 2.12 bits per heavy atom. The van der Waals surface area contributed by atoms with Gasteiger partial charge in [-0.25, -0.2) is 4.79 Å². The van der Waals surface area contributed by atoms with Crippen LogP contribution in [0.4, 0.5) is 4.79 Å². The predicted octanol–water partition coefficient (Wildman–Crippen LogP) is 1.80. The van der Waals surface area contributed by atoms with Crippen molar-refractivity contribution in [1.29, 1.82) is 5.26 Å². The Balaban J connectivity index is 2.58. The van der Waals surface area contributed by atoms with E-state index >= 15 is 0 Å². The Morgan fingerprint density at radius 1 is 1.47 bits per heavy atom. The highest BCUT2D eigenvalue weighted by atomic mass is 16.6. The summed E-state index contributed by atoms with van der Waals surface area (Å²) in [5.41, 5.74) is -0.467. The first-order chi connectivity index (χ1) is 7.87. The molecule has 0 bridgehead atoms. The summed E-state index contributed by atoms with van der Waals surface area (Å²) < 4.78 is 5.32. The molecule has 1 heterocycles. The molecule has 1 saturated heterocycles. The molecule has 0 aromatic heterocycles. The predicted molar refractivity (Wildman–Crippen MR) is 64.2 cm³/mol. The van der Waals surface area contributed by atoms with Gasteiger partial charge in [0, 0.05) is 19.6 Å². The Hall–Kier alpha value is -1.44. The summed E-state index contributed by atoms with van der Waals surface area (Å²) in [7, 11) is 0. The number of hydrogen-bond donors (Lipinski definition) is 0. The number of carbonyl (C=O) groups is 1. The molecule has 5 heteroatoms. The first-order valence-corrected chi connectivity index (χ1v) is 6.01. The van der Waals surface area contributed by atoms with E-state index in [1.54, 1.807) is 9.80 Å². The third-order valence-corrected chi connectivity index (χ3v) is 2.73. The molecule has 1 atom stereocenters. The van der Waals surface area contributed by atoms with Crippen molar-refractivity contribution in [2.24, 2.45) is 0 Å². The zero-order valence-corrected chi connectivity index (χ0v) is 11.1. The van der Waals surface area contributed by atoms with Crippen LogP contribution in [0.3, 0.4) is 0 Å². The topological polar surface area (TPSA) is 56.6 Å². The van der Waals surface area contributed by atoms with Gasteiger partial charge in [-0.15, -0.1) is 0 Å². The summed E-state index contributed by atoms with van der Waals surface area (Å²) >= 11 is 0. The van der Waals surface area contributed by atoms with Crippen molar-refractivity contribution in [2.45, 2.75) is 45.8 Å². The minimum atomic E-state index is -0.467. The van der Waals surface area contributed by atoms with E-state index in [9.17, 15) is 4.79 Å². The van der Waals surface area contributed by atoms with Crippen molar-refractivity contribution in [3.05, 3.63) is 0 Å². The average molecular weight is 239 g/mol. The molecule has 96 valence electrons. The Morgan fingerprint density at radius 3 is 2.59 bits per heavy atom. The van der Waals surface area contributed by atoms with Crippen LogP contribution in [-0.2, 0) is 4.74 Å². The van der Waals surface area contributed by atoms with Gasteiger partial charge in [-0.3, -0.25) is 0 Å². The van der Waals surface area contributed by atoms with Crippen molar-refractivity contribution in [3.63, 3.8) is 0 Å². The molecule has 17 heavy (non-hydrogen) atoms. The number of amides is 1. The van der Waals surface area contributed by atoms with E-state index in [2.05, 4.69) is 6.19 Å². The van der Waals surface area contributed by atoms with Crippen LogP contribution in [-0.4, -0.2) is 47.2 Å². The maximum atomic E-state index is 11.9. The first-order valence-electron chi connectivity index (χ1n) is 6.01. The van der Waals surface area contributed by atoms with Gasteiger partial charge in [-0.05, 0) is 27.2 Å². The van der Waals surface area contributed by atoms with E-state index in [4.69, 9.17) is 10.00 Å². The second-order valence-electron chi connectivity index (χ2n) is 5.28. The molecule has 1 aliphatic heterocycles.